The minimum Gasteiger partial charge on any atom is -0.481 e. The average Bonchev–Trinajstić information content (AvgIpc) is 2.40. The fourth-order valence-electron chi connectivity index (χ4n) is 1.89. The van der Waals surface area contributed by atoms with Crippen LogP contribution in [0, 0.1) is 17.6 Å². The van der Waals surface area contributed by atoms with E-state index in [1.165, 1.54) is 6.07 Å². The number of benzene rings is 1. The first-order chi connectivity index (χ1) is 9.88. The molecule has 1 atom stereocenters. The standard InChI is InChI=1S/C15H19F2NO3/c1-10(7-15(20)21)9-18-14(19)4-2-3-11-5-6-12(16)13(17)8-11/h5-6,8,10H,2-4,7,9H2,1H3,(H,18,19)(H,20,21). The monoisotopic (exact) mass is 299 g/mol. The lowest BCUT2D eigenvalue weighted by Gasteiger charge is -2.10. The molecule has 1 rings (SSSR count). The highest BCUT2D eigenvalue weighted by atomic mass is 19.2. The van der Waals surface area contributed by atoms with Gasteiger partial charge >= 0.3 is 5.97 Å². The van der Waals surface area contributed by atoms with Crippen molar-refractivity contribution in [3.8, 4) is 0 Å². The van der Waals surface area contributed by atoms with Crippen LogP contribution in [0.2, 0.25) is 0 Å². The molecule has 6 heteroatoms. The summed E-state index contributed by atoms with van der Waals surface area (Å²) in [5.41, 5.74) is 0.640. The lowest BCUT2D eigenvalue weighted by molar-refractivity contribution is -0.138. The SMILES string of the molecule is CC(CNC(=O)CCCc1ccc(F)c(F)c1)CC(=O)O. The lowest BCUT2D eigenvalue weighted by Crippen LogP contribution is -2.29. The van der Waals surface area contributed by atoms with Crippen molar-refractivity contribution >= 4 is 11.9 Å². The van der Waals surface area contributed by atoms with Crippen molar-refractivity contribution in [2.24, 2.45) is 5.92 Å². The molecule has 0 saturated heterocycles. The fourth-order valence-corrected chi connectivity index (χ4v) is 1.89. The summed E-state index contributed by atoms with van der Waals surface area (Å²) in [6, 6.07) is 3.69. The first kappa shape index (κ1) is 17.1. The molecule has 116 valence electrons. The predicted molar refractivity (Wildman–Crippen MR) is 73.7 cm³/mol. The molecule has 0 fully saturated rings. The molecule has 0 saturated carbocycles. The molecule has 0 heterocycles. The molecule has 0 spiro atoms. The number of hydrogen-bond donors (Lipinski definition) is 2. The van der Waals surface area contributed by atoms with Gasteiger partial charge in [0.1, 0.15) is 0 Å². The number of carboxylic acids is 1. The van der Waals surface area contributed by atoms with Crippen LogP contribution in [0.15, 0.2) is 18.2 Å². The van der Waals surface area contributed by atoms with E-state index >= 15 is 0 Å². The number of carbonyl (C=O) groups is 2. The minimum absolute atomic E-state index is 0.00906. The van der Waals surface area contributed by atoms with Gasteiger partial charge in [-0.1, -0.05) is 13.0 Å². The van der Waals surface area contributed by atoms with Gasteiger partial charge in [-0.25, -0.2) is 8.78 Å². The number of aliphatic carboxylic acids is 1. The van der Waals surface area contributed by atoms with E-state index in [1.807, 2.05) is 0 Å². The second-order valence-electron chi connectivity index (χ2n) is 5.11. The number of rotatable bonds is 8. The van der Waals surface area contributed by atoms with Gasteiger partial charge in [0.15, 0.2) is 11.6 Å². The van der Waals surface area contributed by atoms with Gasteiger partial charge in [0.25, 0.3) is 0 Å². The number of halogens is 2. The Morgan fingerprint density at radius 2 is 2.00 bits per heavy atom. The smallest absolute Gasteiger partial charge is 0.303 e. The van der Waals surface area contributed by atoms with E-state index in [-0.39, 0.29) is 24.7 Å². The molecule has 0 aliphatic rings. The van der Waals surface area contributed by atoms with Crippen molar-refractivity contribution in [1.82, 2.24) is 5.32 Å². The Morgan fingerprint density at radius 3 is 2.62 bits per heavy atom. The van der Waals surface area contributed by atoms with Crippen LogP contribution < -0.4 is 5.32 Å². The molecule has 1 amide bonds. The molecule has 1 aromatic rings. The van der Waals surface area contributed by atoms with E-state index in [4.69, 9.17) is 5.11 Å². The zero-order chi connectivity index (χ0) is 15.8. The second kappa shape index (κ2) is 8.34. The quantitative estimate of drug-likeness (QED) is 0.775. The third kappa shape index (κ3) is 6.83. The third-order valence-corrected chi connectivity index (χ3v) is 3.02. The van der Waals surface area contributed by atoms with Gasteiger partial charge in [-0.15, -0.1) is 0 Å². The average molecular weight is 299 g/mol. The number of amides is 1. The van der Waals surface area contributed by atoms with Crippen molar-refractivity contribution < 1.29 is 23.5 Å². The van der Waals surface area contributed by atoms with Crippen LogP contribution in [0.4, 0.5) is 8.78 Å². The molecule has 0 aliphatic carbocycles. The largest absolute Gasteiger partial charge is 0.481 e. The van der Waals surface area contributed by atoms with Gasteiger partial charge in [0, 0.05) is 19.4 Å². The molecule has 21 heavy (non-hydrogen) atoms. The number of aryl methyl sites for hydroxylation is 1. The molecule has 4 nitrogen and oxygen atoms in total. The summed E-state index contributed by atoms with van der Waals surface area (Å²) in [7, 11) is 0. The second-order valence-corrected chi connectivity index (χ2v) is 5.11. The summed E-state index contributed by atoms with van der Waals surface area (Å²) in [6.07, 6.45) is 1.27. The zero-order valence-electron chi connectivity index (χ0n) is 11.9. The Morgan fingerprint density at radius 1 is 1.29 bits per heavy atom. The molecule has 0 aliphatic heterocycles. The van der Waals surface area contributed by atoms with Crippen molar-refractivity contribution in [3.05, 3.63) is 35.4 Å². The van der Waals surface area contributed by atoms with E-state index < -0.39 is 17.6 Å². The molecule has 0 radical (unpaired) electrons. The first-order valence-corrected chi connectivity index (χ1v) is 6.81. The van der Waals surface area contributed by atoms with E-state index in [9.17, 15) is 18.4 Å². The van der Waals surface area contributed by atoms with Crippen LogP contribution in [0.25, 0.3) is 0 Å². The Labute approximate surface area is 122 Å². The Balaban J connectivity index is 2.24. The van der Waals surface area contributed by atoms with Crippen LogP contribution >= 0.6 is 0 Å². The van der Waals surface area contributed by atoms with Crippen LogP contribution in [0.5, 0.6) is 0 Å². The highest BCUT2D eigenvalue weighted by Crippen LogP contribution is 2.11. The maximum atomic E-state index is 13.0. The lowest BCUT2D eigenvalue weighted by atomic mass is 10.1. The van der Waals surface area contributed by atoms with Gasteiger partial charge in [-0.3, -0.25) is 9.59 Å². The zero-order valence-corrected chi connectivity index (χ0v) is 11.9. The summed E-state index contributed by atoms with van der Waals surface area (Å²) >= 11 is 0. The van der Waals surface area contributed by atoms with Crippen molar-refractivity contribution in [2.75, 3.05) is 6.54 Å². The van der Waals surface area contributed by atoms with Gasteiger partial charge in [-0.2, -0.15) is 0 Å². The fraction of sp³-hybridized carbons (Fsp3) is 0.467. The summed E-state index contributed by atoms with van der Waals surface area (Å²) in [5.74, 6) is -2.97. The van der Waals surface area contributed by atoms with Crippen molar-refractivity contribution in [1.29, 1.82) is 0 Å². The minimum atomic E-state index is -0.893. The Hall–Kier alpha value is -1.98. The number of nitrogens with one attached hydrogen (secondary N) is 1. The maximum absolute atomic E-state index is 13.0. The molecule has 1 unspecified atom stereocenters. The normalized spacial score (nSPS) is 12.0. The van der Waals surface area contributed by atoms with E-state index in [2.05, 4.69) is 5.32 Å². The Kier molecular flexibility index (Phi) is 6.78. The summed E-state index contributed by atoms with van der Waals surface area (Å²) < 4.78 is 25.7. The molecule has 2 N–H and O–H groups in total. The number of hydrogen-bond acceptors (Lipinski definition) is 2. The van der Waals surface area contributed by atoms with Gasteiger partial charge in [0.2, 0.25) is 5.91 Å². The molecular formula is C15H19F2NO3. The summed E-state index contributed by atoms with van der Waals surface area (Å²) in [4.78, 5) is 22.0. The van der Waals surface area contributed by atoms with Gasteiger partial charge in [-0.05, 0) is 36.5 Å². The van der Waals surface area contributed by atoms with Gasteiger partial charge in [0.05, 0.1) is 0 Å². The number of carbonyl (C=O) groups excluding carboxylic acids is 1. The topological polar surface area (TPSA) is 66.4 Å². The third-order valence-electron chi connectivity index (χ3n) is 3.02. The Bertz CT molecular complexity index is 506. The first-order valence-electron chi connectivity index (χ1n) is 6.81. The van der Waals surface area contributed by atoms with Crippen LogP contribution in [0.3, 0.4) is 0 Å². The summed E-state index contributed by atoms with van der Waals surface area (Å²) in [5, 5.41) is 11.2. The van der Waals surface area contributed by atoms with E-state index in [1.54, 1.807) is 6.92 Å². The predicted octanol–water partition coefficient (Wildman–Crippen LogP) is 2.51. The van der Waals surface area contributed by atoms with E-state index in [0.717, 1.165) is 12.1 Å². The van der Waals surface area contributed by atoms with Gasteiger partial charge < -0.3 is 10.4 Å². The maximum Gasteiger partial charge on any atom is 0.303 e. The molecule has 0 bridgehead atoms. The van der Waals surface area contributed by atoms with E-state index in [0.29, 0.717) is 24.9 Å². The highest BCUT2D eigenvalue weighted by Gasteiger charge is 2.09. The molecule has 1 aromatic carbocycles. The summed E-state index contributed by atoms with van der Waals surface area (Å²) in [6.45, 7) is 2.06. The molecular weight excluding hydrogens is 280 g/mol. The van der Waals surface area contributed by atoms with Crippen LogP contribution in [0.1, 0.15) is 31.7 Å². The number of carboxylic acid groups (broad SMARTS) is 1. The van der Waals surface area contributed by atoms with Crippen molar-refractivity contribution in [3.63, 3.8) is 0 Å². The van der Waals surface area contributed by atoms with Crippen LogP contribution in [-0.2, 0) is 16.0 Å². The van der Waals surface area contributed by atoms with Crippen molar-refractivity contribution in [2.45, 2.75) is 32.6 Å². The van der Waals surface area contributed by atoms with Crippen LogP contribution in [-0.4, -0.2) is 23.5 Å². The molecule has 0 aromatic heterocycles. The highest BCUT2D eigenvalue weighted by molar-refractivity contribution is 5.76.